The number of nitrogens with one attached hydrogen (secondary N) is 1. The minimum atomic E-state index is -1.31. The van der Waals surface area contributed by atoms with Gasteiger partial charge in [-0.25, -0.2) is 14.2 Å². The number of halogens is 2. The summed E-state index contributed by atoms with van der Waals surface area (Å²) in [7, 11) is 0. The van der Waals surface area contributed by atoms with Gasteiger partial charge >= 0.3 is 6.09 Å². The van der Waals surface area contributed by atoms with Crippen molar-refractivity contribution in [3.63, 3.8) is 0 Å². The fourth-order valence-electron chi connectivity index (χ4n) is 2.10. The number of nitrogens with zero attached hydrogens (tertiary/aromatic N) is 2. The van der Waals surface area contributed by atoms with E-state index in [2.05, 4.69) is 10.3 Å². The van der Waals surface area contributed by atoms with Gasteiger partial charge in [0, 0.05) is 19.2 Å². The molecule has 1 aromatic heterocycles. The summed E-state index contributed by atoms with van der Waals surface area (Å²) in [6.07, 6.45) is -1.22. The van der Waals surface area contributed by atoms with Gasteiger partial charge in [0.1, 0.15) is 17.4 Å². The molecular weight excluding hydrogens is 289 g/mol. The van der Waals surface area contributed by atoms with E-state index in [9.17, 15) is 14.0 Å². The van der Waals surface area contributed by atoms with Crippen LogP contribution in [-0.2, 0) is 11.3 Å². The van der Waals surface area contributed by atoms with Gasteiger partial charge in [0.25, 0.3) is 0 Å². The number of rotatable bonds is 3. The van der Waals surface area contributed by atoms with E-state index in [0.717, 1.165) is 10.5 Å². The Bertz CT molecular complexity index is 528. The molecule has 1 aliphatic rings. The maximum atomic E-state index is 13.2. The molecule has 0 unspecified atom stereocenters. The average Bonchev–Trinajstić information content (AvgIpc) is 2.78. The number of hydrogen-bond acceptors (Lipinski definition) is 3. The van der Waals surface area contributed by atoms with Crippen molar-refractivity contribution in [2.45, 2.75) is 25.2 Å². The largest absolute Gasteiger partial charge is 0.465 e. The van der Waals surface area contributed by atoms with E-state index >= 15 is 0 Å². The summed E-state index contributed by atoms with van der Waals surface area (Å²) < 4.78 is 13.2. The molecule has 1 aliphatic heterocycles. The van der Waals surface area contributed by atoms with Gasteiger partial charge in [-0.2, -0.15) is 0 Å². The Morgan fingerprint density at radius 3 is 3.00 bits per heavy atom. The quantitative estimate of drug-likeness (QED) is 0.828. The molecule has 2 amide bonds. The third kappa shape index (κ3) is 3.36. The summed E-state index contributed by atoms with van der Waals surface area (Å²) in [5.74, 6) is -0.513. The van der Waals surface area contributed by atoms with Gasteiger partial charge in [0.15, 0.2) is 0 Å². The number of aromatic nitrogens is 1. The lowest BCUT2D eigenvalue weighted by Crippen LogP contribution is -2.45. The Balaban J connectivity index is 1.96. The van der Waals surface area contributed by atoms with Crippen molar-refractivity contribution in [2.24, 2.45) is 0 Å². The highest BCUT2D eigenvalue weighted by atomic mass is 35.5. The van der Waals surface area contributed by atoms with Crippen LogP contribution in [0.15, 0.2) is 18.3 Å². The fourth-order valence-corrected chi connectivity index (χ4v) is 2.30. The average molecular weight is 302 g/mol. The summed E-state index contributed by atoms with van der Waals surface area (Å²) in [5.41, 5.74) is 0.732. The maximum absolute atomic E-state index is 13.2. The van der Waals surface area contributed by atoms with Crippen LogP contribution in [0.1, 0.15) is 12.0 Å². The summed E-state index contributed by atoms with van der Waals surface area (Å²) in [5, 5.41) is 11.8. The Kier molecular flexibility index (Phi) is 4.39. The molecule has 0 aliphatic carbocycles. The van der Waals surface area contributed by atoms with Crippen LogP contribution >= 0.6 is 11.6 Å². The molecule has 1 aromatic rings. The van der Waals surface area contributed by atoms with Crippen molar-refractivity contribution in [3.8, 4) is 0 Å². The summed E-state index contributed by atoms with van der Waals surface area (Å²) in [4.78, 5) is 27.5. The van der Waals surface area contributed by atoms with Gasteiger partial charge < -0.3 is 10.4 Å². The molecule has 2 N–H and O–H groups in total. The van der Waals surface area contributed by atoms with Crippen molar-refractivity contribution >= 4 is 23.6 Å². The van der Waals surface area contributed by atoms with Gasteiger partial charge in [-0.05, 0) is 17.7 Å². The summed E-state index contributed by atoms with van der Waals surface area (Å²) in [6.45, 7) is -0.0868. The minimum absolute atomic E-state index is 0.116. The summed E-state index contributed by atoms with van der Waals surface area (Å²) >= 11 is 5.71. The molecule has 0 saturated carbocycles. The standard InChI is InChI=1S/C12H13ClFN3O3/c13-10-3-7(1-2-15-10)5-16-11(18)9-4-8(14)6-17(9)12(19)20/h1-3,8-9H,4-6H2,(H,16,18)(H,19,20)/t8-,9+/m1/s1. The Labute approximate surface area is 119 Å². The van der Waals surface area contributed by atoms with Crippen LogP contribution in [-0.4, -0.2) is 45.7 Å². The molecule has 20 heavy (non-hydrogen) atoms. The zero-order valence-corrected chi connectivity index (χ0v) is 11.2. The molecule has 8 heteroatoms. The van der Waals surface area contributed by atoms with Crippen molar-refractivity contribution in [1.82, 2.24) is 15.2 Å². The molecule has 0 spiro atoms. The van der Waals surface area contributed by atoms with E-state index < -0.39 is 24.2 Å². The molecular formula is C12H13ClFN3O3. The second kappa shape index (κ2) is 6.04. The van der Waals surface area contributed by atoms with E-state index in [-0.39, 0.29) is 19.5 Å². The molecule has 2 heterocycles. The van der Waals surface area contributed by atoms with Crippen LogP contribution in [0.5, 0.6) is 0 Å². The van der Waals surface area contributed by atoms with Gasteiger partial charge in [0.2, 0.25) is 5.91 Å². The SMILES string of the molecule is O=C(NCc1ccnc(Cl)c1)[C@@H]1C[C@@H](F)CN1C(=O)O. The monoisotopic (exact) mass is 301 g/mol. The molecule has 108 valence electrons. The number of likely N-dealkylation sites (tertiary alicyclic amines) is 1. The third-order valence-corrected chi connectivity index (χ3v) is 3.26. The number of carboxylic acid groups (broad SMARTS) is 1. The molecule has 6 nitrogen and oxygen atoms in total. The third-order valence-electron chi connectivity index (χ3n) is 3.06. The normalized spacial score (nSPS) is 21.8. The van der Waals surface area contributed by atoms with Crippen LogP contribution in [0, 0.1) is 0 Å². The number of pyridine rings is 1. The molecule has 0 aromatic carbocycles. The lowest BCUT2D eigenvalue weighted by molar-refractivity contribution is -0.125. The maximum Gasteiger partial charge on any atom is 0.408 e. The Morgan fingerprint density at radius 2 is 2.35 bits per heavy atom. The Morgan fingerprint density at radius 1 is 1.60 bits per heavy atom. The molecule has 0 bridgehead atoms. The van der Waals surface area contributed by atoms with Crippen LogP contribution < -0.4 is 5.32 Å². The smallest absolute Gasteiger partial charge is 0.408 e. The summed E-state index contributed by atoms with van der Waals surface area (Å²) in [6, 6.07) is 2.27. The fraction of sp³-hybridized carbons (Fsp3) is 0.417. The first-order chi connectivity index (χ1) is 9.47. The second-order valence-electron chi connectivity index (χ2n) is 4.49. The molecule has 0 radical (unpaired) electrons. The zero-order chi connectivity index (χ0) is 14.7. The first-order valence-electron chi connectivity index (χ1n) is 5.99. The molecule has 2 rings (SSSR count). The molecule has 2 atom stereocenters. The van der Waals surface area contributed by atoms with Crippen molar-refractivity contribution in [3.05, 3.63) is 29.0 Å². The van der Waals surface area contributed by atoms with E-state index in [0.29, 0.717) is 5.15 Å². The van der Waals surface area contributed by atoms with Crippen LogP contribution in [0.2, 0.25) is 5.15 Å². The lowest BCUT2D eigenvalue weighted by Gasteiger charge is -2.20. The lowest BCUT2D eigenvalue weighted by atomic mass is 10.2. The highest BCUT2D eigenvalue weighted by Crippen LogP contribution is 2.20. The van der Waals surface area contributed by atoms with Crippen molar-refractivity contribution in [1.29, 1.82) is 0 Å². The topological polar surface area (TPSA) is 82.5 Å². The molecule has 1 saturated heterocycles. The second-order valence-corrected chi connectivity index (χ2v) is 4.88. The van der Waals surface area contributed by atoms with Crippen molar-refractivity contribution < 1.29 is 19.1 Å². The van der Waals surface area contributed by atoms with E-state index in [1.54, 1.807) is 12.1 Å². The zero-order valence-electron chi connectivity index (χ0n) is 10.4. The number of carbonyl (C=O) groups excluding carboxylic acids is 1. The van der Waals surface area contributed by atoms with Gasteiger partial charge in [-0.3, -0.25) is 9.69 Å². The number of hydrogen-bond donors (Lipinski definition) is 2. The van der Waals surface area contributed by atoms with E-state index in [4.69, 9.17) is 16.7 Å². The van der Waals surface area contributed by atoms with Crippen LogP contribution in [0.25, 0.3) is 0 Å². The van der Waals surface area contributed by atoms with Gasteiger partial charge in [-0.15, -0.1) is 0 Å². The number of carbonyl (C=O) groups is 2. The van der Waals surface area contributed by atoms with Crippen LogP contribution in [0.3, 0.4) is 0 Å². The minimum Gasteiger partial charge on any atom is -0.465 e. The van der Waals surface area contributed by atoms with E-state index in [1.165, 1.54) is 6.20 Å². The van der Waals surface area contributed by atoms with Gasteiger partial charge in [-0.1, -0.05) is 11.6 Å². The highest BCUT2D eigenvalue weighted by molar-refractivity contribution is 6.29. The predicted molar refractivity (Wildman–Crippen MR) is 69.1 cm³/mol. The predicted octanol–water partition coefficient (Wildman–Crippen LogP) is 1.44. The molecule has 1 fully saturated rings. The van der Waals surface area contributed by atoms with Crippen LogP contribution in [0.4, 0.5) is 9.18 Å². The first kappa shape index (κ1) is 14.5. The van der Waals surface area contributed by atoms with E-state index in [1.807, 2.05) is 0 Å². The first-order valence-corrected chi connectivity index (χ1v) is 6.37. The van der Waals surface area contributed by atoms with Crippen molar-refractivity contribution in [2.75, 3.05) is 6.54 Å². The van der Waals surface area contributed by atoms with Gasteiger partial charge in [0.05, 0.1) is 6.54 Å². The highest BCUT2D eigenvalue weighted by Gasteiger charge is 2.39. The number of alkyl halides is 1. The number of amides is 2. The Hall–Kier alpha value is -1.89.